The normalized spacial score (nSPS) is 26.3. The van der Waals surface area contributed by atoms with E-state index in [2.05, 4.69) is 17.1 Å². The number of halogens is 1. The zero-order chi connectivity index (χ0) is 12.1. The van der Waals surface area contributed by atoms with E-state index in [1.54, 1.807) is 0 Å². The van der Waals surface area contributed by atoms with E-state index in [4.69, 9.17) is 0 Å². The highest BCUT2D eigenvalue weighted by Gasteiger charge is 2.23. The van der Waals surface area contributed by atoms with Crippen molar-refractivity contribution in [3.8, 4) is 0 Å². The second-order valence-corrected chi connectivity index (χ2v) is 5.76. The second-order valence-electron chi connectivity index (χ2n) is 5.76. The zero-order valence-electron chi connectivity index (χ0n) is 11.5. The summed E-state index contributed by atoms with van der Waals surface area (Å²) in [6, 6.07) is 0.460. The van der Waals surface area contributed by atoms with E-state index < -0.39 is 0 Å². The average molecular weight is 275 g/mol. The van der Waals surface area contributed by atoms with Gasteiger partial charge in [-0.1, -0.05) is 25.7 Å². The lowest BCUT2D eigenvalue weighted by Gasteiger charge is -2.32. The molecule has 1 saturated heterocycles. The van der Waals surface area contributed by atoms with E-state index in [9.17, 15) is 4.79 Å². The molecule has 0 bridgehead atoms. The highest BCUT2D eigenvalue weighted by molar-refractivity contribution is 5.85. The van der Waals surface area contributed by atoms with Gasteiger partial charge in [0.15, 0.2) is 0 Å². The van der Waals surface area contributed by atoms with Crippen LogP contribution in [-0.2, 0) is 4.79 Å². The van der Waals surface area contributed by atoms with Gasteiger partial charge in [-0.2, -0.15) is 0 Å². The van der Waals surface area contributed by atoms with E-state index >= 15 is 0 Å². The topological polar surface area (TPSA) is 32.3 Å². The fourth-order valence-electron chi connectivity index (χ4n) is 3.10. The van der Waals surface area contributed by atoms with Crippen LogP contribution < -0.4 is 5.32 Å². The van der Waals surface area contributed by atoms with Crippen molar-refractivity contribution in [1.29, 1.82) is 0 Å². The third kappa shape index (κ3) is 4.77. The Morgan fingerprint density at radius 2 is 1.89 bits per heavy atom. The third-order valence-corrected chi connectivity index (χ3v) is 4.16. The van der Waals surface area contributed by atoms with Gasteiger partial charge in [-0.05, 0) is 25.7 Å². The van der Waals surface area contributed by atoms with E-state index in [1.165, 1.54) is 38.5 Å². The molecule has 2 aliphatic rings. The molecule has 0 radical (unpaired) electrons. The Morgan fingerprint density at radius 1 is 1.22 bits per heavy atom. The lowest BCUT2D eigenvalue weighted by Crippen LogP contribution is -2.51. The van der Waals surface area contributed by atoms with Crippen LogP contribution in [0.2, 0.25) is 0 Å². The maximum Gasteiger partial charge on any atom is 0.222 e. The smallest absolute Gasteiger partial charge is 0.222 e. The fourth-order valence-corrected chi connectivity index (χ4v) is 3.10. The molecule has 1 saturated carbocycles. The third-order valence-electron chi connectivity index (χ3n) is 4.16. The molecule has 106 valence electrons. The number of nitrogens with zero attached hydrogens (tertiary/aromatic N) is 1. The van der Waals surface area contributed by atoms with Gasteiger partial charge in [0.25, 0.3) is 0 Å². The Morgan fingerprint density at radius 3 is 2.50 bits per heavy atom. The second kappa shape index (κ2) is 8.00. The Hall–Kier alpha value is -0.280. The minimum Gasteiger partial charge on any atom is -0.340 e. The molecular formula is C14H27ClN2O. The molecule has 1 heterocycles. The number of rotatable bonds is 2. The van der Waals surface area contributed by atoms with Crippen molar-refractivity contribution in [2.75, 3.05) is 19.6 Å². The lowest BCUT2D eigenvalue weighted by atomic mass is 9.96. The van der Waals surface area contributed by atoms with Crippen LogP contribution in [0.1, 0.15) is 51.9 Å². The quantitative estimate of drug-likeness (QED) is 0.785. The number of amides is 1. The Balaban J connectivity index is 0.00000162. The first-order valence-corrected chi connectivity index (χ1v) is 7.27. The van der Waals surface area contributed by atoms with Crippen LogP contribution >= 0.6 is 12.4 Å². The van der Waals surface area contributed by atoms with E-state index in [0.29, 0.717) is 17.9 Å². The molecule has 2 rings (SSSR count). The monoisotopic (exact) mass is 274 g/mol. The molecule has 0 aromatic rings. The minimum atomic E-state index is 0. The summed E-state index contributed by atoms with van der Waals surface area (Å²) in [6.45, 7) is 4.91. The van der Waals surface area contributed by atoms with Crippen molar-refractivity contribution in [2.24, 2.45) is 5.92 Å². The number of piperazine rings is 1. The Labute approximate surface area is 117 Å². The summed E-state index contributed by atoms with van der Waals surface area (Å²) >= 11 is 0. The fraction of sp³-hybridized carbons (Fsp3) is 0.929. The number of nitrogens with one attached hydrogen (secondary N) is 1. The van der Waals surface area contributed by atoms with Gasteiger partial charge in [-0.25, -0.2) is 0 Å². The SMILES string of the molecule is C[C@H]1CN(C(=O)CC2CCCCCC2)CCN1.Cl. The molecule has 2 fully saturated rings. The van der Waals surface area contributed by atoms with Crippen molar-refractivity contribution < 1.29 is 4.79 Å². The number of carbonyl (C=O) groups is 1. The first kappa shape index (κ1) is 15.8. The standard InChI is InChI=1S/C14H26N2O.ClH/c1-12-11-16(9-8-15-12)14(17)10-13-6-4-2-3-5-7-13;/h12-13,15H,2-11H2,1H3;1H/t12-;/m0./s1. The summed E-state index contributed by atoms with van der Waals surface area (Å²) in [6.07, 6.45) is 8.74. The molecule has 0 unspecified atom stereocenters. The largest absolute Gasteiger partial charge is 0.340 e. The summed E-state index contributed by atoms with van der Waals surface area (Å²) in [4.78, 5) is 14.3. The zero-order valence-corrected chi connectivity index (χ0v) is 12.3. The van der Waals surface area contributed by atoms with Crippen LogP contribution in [0.15, 0.2) is 0 Å². The summed E-state index contributed by atoms with van der Waals surface area (Å²) in [5.41, 5.74) is 0. The van der Waals surface area contributed by atoms with E-state index in [0.717, 1.165) is 26.1 Å². The molecule has 1 amide bonds. The van der Waals surface area contributed by atoms with Crippen molar-refractivity contribution in [2.45, 2.75) is 57.9 Å². The number of hydrogen-bond acceptors (Lipinski definition) is 2. The highest BCUT2D eigenvalue weighted by Crippen LogP contribution is 2.26. The first-order chi connectivity index (χ1) is 8.25. The van der Waals surface area contributed by atoms with Gasteiger partial charge in [-0.3, -0.25) is 4.79 Å². The molecule has 4 heteroatoms. The predicted molar refractivity (Wildman–Crippen MR) is 77.1 cm³/mol. The van der Waals surface area contributed by atoms with Gasteiger partial charge >= 0.3 is 0 Å². The Bertz CT molecular complexity index is 252. The molecule has 1 aliphatic heterocycles. The molecule has 18 heavy (non-hydrogen) atoms. The number of carbonyl (C=O) groups excluding carboxylic acids is 1. The molecule has 3 nitrogen and oxygen atoms in total. The highest BCUT2D eigenvalue weighted by atomic mass is 35.5. The first-order valence-electron chi connectivity index (χ1n) is 7.27. The Kier molecular flexibility index (Phi) is 7.02. The van der Waals surface area contributed by atoms with Crippen molar-refractivity contribution >= 4 is 18.3 Å². The lowest BCUT2D eigenvalue weighted by molar-refractivity contribution is -0.133. The van der Waals surface area contributed by atoms with Crippen LogP contribution in [0.5, 0.6) is 0 Å². The van der Waals surface area contributed by atoms with Gasteiger partial charge in [-0.15, -0.1) is 12.4 Å². The molecule has 0 aromatic heterocycles. The summed E-state index contributed by atoms with van der Waals surface area (Å²) in [7, 11) is 0. The van der Waals surface area contributed by atoms with Gasteiger partial charge in [0.2, 0.25) is 5.91 Å². The average Bonchev–Trinajstić information content (AvgIpc) is 2.57. The molecule has 0 spiro atoms. The summed E-state index contributed by atoms with van der Waals surface area (Å²) < 4.78 is 0. The van der Waals surface area contributed by atoms with Crippen molar-refractivity contribution in [3.05, 3.63) is 0 Å². The molecular weight excluding hydrogens is 248 g/mol. The maximum atomic E-state index is 12.2. The molecule has 1 aliphatic carbocycles. The van der Waals surface area contributed by atoms with Crippen LogP contribution in [0.4, 0.5) is 0 Å². The molecule has 1 atom stereocenters. The van der Waals surface area contributed by atoms with Crippen LogP contribution in [0, 0.1) is 5.92 Å². The van der Waals surface area contributed by atoms with Crippen LogP contribution in [0.25, 0.3) is 0 Å². The van der Waals surface area contributed by atoms with Gasteiger partial charge in [0, 0.05) is 32.1 Å². The summed E-state index contributed by atoms with van der Waals surface area (Å²) in [5, 5.41) is 3.39. The molecule has 1 N–H and O–H groups in total. The molecule has 0 aromatic carbocycles. The van der Waals surface area contributed by atoms with Gasteiger partial charge in [0.05, 0.1) is 0 Å². The van der Waals surface area contributed by atoms with Gasteiger partial charge in [0.1, 0.15) is 0 Å². The van der Waals surface area contributed by atoms with Crippen LogP contribution in [-0.4, -0.2) is 36.5 Å². The maximum absolute atomic E-state index is 12.2. The van der Waals surface area contributed by atoms with Gasteiger partial charge < -0.3 is 10.2 Å². The van der Waals surface area contributed by atoms with E-state index in [1.807, 2.05) is 0 Å². The summed E-state index contributed by atoms with van der Waals surface area (Å²) in [5.74, 6) is 1.06. The van der Waals surface area contributed by atoms with Crippen molar-refractivity contribution in [3.63, 3.8) is 0 Å². The minimum absolute atomic E-state index is 0. The van der Waals surface area contributed by atoms with E-state index in [-0.39, 0.29) is 12.4 Å². The number of hydrogen-bond donors (Lipinski definition) is 1. The predicted octanol–water partition coefficient (Wildman–Crippen LogP) is 2.59. The van der Waals surface area contributed by atoms with Crippen LogP contribution in [0.3, 0.4) is 0 Å². The van der Waals surface area contributed by atoms with Crippen molar-refractivity contribution in [1.82, 2.24) is 10.2 Å².